The maximum absolute atomic E-state index is 13.6. The highest BCUT2D eigenvalue weighted by Gasteiger charge is 2.48. The number of thioether (sulfide) groups is 1. The van der Waals surface area contributed by atoms with Crippen LogP contribution in [0.3, 0.4) is 0 Å². The third-order valence-electron chi connectivity index (χ3n) is 7.34. The van der Waals surface area contributed by atoms with Gasteiger partial charge in [0.05, 0.1) is 32.9 Å². The van der Waals surface area contributed by atoms with Crippen LogP contribution in [0.2, 0.25) is 0 Å². The lowest BCUT2D eigenvalue weighted by atomic mass is 9.95. The van der Waals surface area contributed by atoms with Gasteiger partial charge in [0, 0.05) is 11.3 Å². The number of amides is 1. The molecule has 1 aliphatic heterocycles. The first-order valence-electron chi connectivity index (χ1n) is 13.5. The summed E-state index contributed by atoms with van der Waals surface area (Å²) in [7, 11) is 4.51. The van der Waals surface area contributed by atoms with Gasteiger partial charge in [-0.25, -0.2) is 0 Å². The van der Waals surface area contributed by atoms with Crippen molar-refractivity contribution >= 4 is 56.5 Å². The van der Waals surface area contributed by atoms with Gasteiger partial charge in [-0.1, -0.05) is 77.7 Å². The first kappa shape index (κ1) is 29.2. The maximum atomic E-state index is 13.6. The number of carbonyl (C=O) groups excluding carboxylic acids is 2. The van der Waals surface area contributed by atoms with Gasteiger partial charge in [-0.3, -0.25) is 14.5 Å². The van der Waals surface area contributed by atoms with Crippen LogP contribution in [0.5, 0.6) is 17.2 Å². The van der Waals surface area contributed by atoms with Crippen LogP contribution >= 0.6 is 23.1 Å². The second-order valence-corrected chi connectivity index (χ2v) is 12.0. The molecule has 1 aliphatic rings. The number of aliphatic hydroxyl groups is 1. The first-order chi connectivity index (χ1) is 21.4. The molecule has 9 nitrogen and oxygen atoms in total. The molecule has 0 aliphatic carbocycles. The van der Waals surface area contributed by atoms with E-state index in [0.717, 1.165) is 16.3 Å². The number of benzene rings is 4. The average molecular weight is 626 g/mol. The molecule has 0 radical (unpaired) electrons. The molecule has 0 spiro atoms. The molecular weight excluding hydrogens is 599 g/mol. The highest BCUT2D eigenvalue weighted by atomic mass is 32.2. The zero-order valence-electron chi connectivity index (χ0n) is 24.0. The van der Waals surface area contributed by atoms with Gasteiger partial charge in [-0.15, -0.1) is 10.2 Å². The predicted molar refractivity (Wildman–Crippen MR) is 171 cm³/mol. The molecule has 1 fully saturated rings. The number of aromatic nitrogens is 2. The van der Waals surface area contributed by atoms with Crippen LogP contribution in [0, 0.1) is 0 Å². The summed E-state index contributed by atoms with van der Waals surface area (Å²) in [6.45, 7) is 0. The molecule has 4 aromatic carbocycles. The van der Waals surface area contributed by atoms with E-state index in [-0.39, 0.29) is 22.0 Å². The number of methoxy groups -OCH3 is 3. The van der Waals surface area contributed by atoms with Gasteiger partial charge < -0.3 is 19.3 Å². The second-order valence-electron chi connectivity index (χ2n) is 9.79. The maximum Gasteiger partial charge on any atom is 0.301 e. The van der Waals surface area contributed by atoms with Crippen LogP contribution < -0.4 is 19.1 Å². The topological polar surface area (TPSA) is 111 Å². The van der Waals surface area contributed by atoms with Crippen molar-refractivity contribution in [3.63, 3.8) is 0 Å². The third-order valence-corrected chi connectivity index (χ3v) is 9.45. The van der Waals surface area contributed by atoms with Gasteiger partial charge in [0.2, 0.25) is 5.13 Å². The fraction of sp³-hybridized carbons (Fsp3) is 0.152. The van der Waals surface area contributed by atoms with Gasteiger partial charge >= 0.3 is 5.91 Å². The largest absolute Gasteiger partial charge is 0.507 e. The molecule has 1 amide bonds. The molecule has 6 rings (SSSR count). The number of fused-ring (bicyclic) bond motifs is 1. The molecule has 222 valence electrons. The van der Waals surface area contributed by atoms with E-state index in [1.54, 1.807) is 42.5 Å². The van der Waals surface area contributed by atoms with Crippen molar-refractivity contribution < 1.29 is 28.9 Å². The molecule has 1 saturated heterocycles. The van der Waals surface area contributed by atoms with Crippen LogP contribution in [0.1, 0.15) is 22.7 Å². The molecule has 2 heterocycles. The van der Waals surface area contributed by atoms with E-state index in [0.29, 0.717) is 32.9 Å². The summed E-state index contributed by atoms with van der Waals surface area (Å²) in [4.78, 5) is 28.5. The van der Waals surface area contributed by atoms with Crippen molar-refractivity contribution in [2.75, 3.05) is 26.2 Å². The van der Waals surface area contributed by atoms with Gasteiger partial charge in [0.15, 0.2) is 15.8 Å². The quantitative estimate of drug-likeness (QED) is 0.0634. The highest BCUT2D eigenvalue weighted by Crippen LogP contribution is 2.45. The molecule has 0 bridgehead atoms. The Hall–Kier alpha value is -4.87. The molecular formula is C33H27N3O6S2. The zero-order valence-corrected chi connectivity index (χ0v) is 25.6. The van der Waals surface area contributed by atoms with Gasteiger partial charge in [0.25, 0.3) is 5.78 Å². The van der Waals surface area contributed by atoms with Crippen molar-refractivity contribution in [1.29, 1.82) is 0 Å². The van der Waals surface area contributed by atoms with E-state index in [2.05, 4.69) is 34.5 Å². The number of Topliss-reactive ketones (excluding diaryl/α,β-unsaturated/α-hetero) is 1. The Balaban J connectivity index is 1.39. The lowest BCUT2D eigenvalue weighted by Gasteiger charge is -2.23. The van der Waals surface area contributed by atoms with E-state index in [9.17, 15) is 14.7 Å². The Morgan fingerprint density at radius 2 is 1.66 bits per heavy atom. The van der Waals surface area contributed by atoms with E-state index in [1.165, 1.54) is 49.3 Å². The van der Waals surface area contributed by atoms with Crippen LogP contribution in [0.25, 0.3) is 16.5 Å². The number of ketones is 1. The SMILES string of the molecule is COc1cccc([C@H]2C(=C(O)c3ccc(OC)c(OC)c3)C(=O)C(=O)N2c2nnc(SCc3cccc4ccccc34)s2)c1. The molecule has 44 heavy (non-hydrogen) atoms. The molecule has 1 aromatic heterocycles. The summed E-state index contributed by atoms with van der Waals surface area (Å²) in [6.07, 6.45) is 0. The van der Waals surface area contributed by atoms with Gasteiger partial charge in [0.1, 0.15) is 11.5 Å². The first-order valence-corrected chi connectivity index (χ1v) is 15.3. The predicted octanol–water partition coefficient (Wildman–Crippen LogP) is 6.64. The van der Waals surface area contributed by atoms with Crippen molar-refractivity contribution in [1.82, 2.24) is 10.2 Å². The minimum atomic E-state index is -0.984. The Bertz CT molecular complexity index is 1920. The average Bonchev–Trinajstić information content (AvgIpc) is 3.64. The Morgan fingerprint density at radius 1 is 0.886 bits per heavy atom. The summed E-state index contributed by atoms with van der Waals surface area (Å²) in [6, 6.07) is 25.2. The minimum Gasteiger partial charge on any atom is -0.507 e. The normalized spacial score (nSPS) is 16.0. The lowest BCUT2D eigenvalue weighted by molar-refractivity contribution is -0.132. The van der Waals surface area contributed by atoms with Crippen molar-refractivity contribution in [2.24, 2.45) is 0 Å². The molecule has 1 atom stereocenters. The number of aliphatic hydroxyl groups excluding tert-OH is 1. The van der Waals surface area contributed by atoms with E-state index >= 15 is 0 Å². The summed E-state index contributed by atoms with van der Waals surface area (Å²) in [5.74, 6) is -0.0192. The summed E-state index contributed by atoms with van der Waals surface area (Å²) in [5, 5.41) is 22.7. The van der Waals surface area contributed by atoms with Crippen LogP contribution in [-0.4, -0.2) is 48.3 Å². The van der Waals surface area contributed by atoms with Gasteiger partial charge in [-0.05, 0) is 52.2 Å². The van der Waals surface area contributed by atoms with Crippen molar-refractivity contribution in [2.45, 2.75) is 16.1 Å². The van der Waals surface area contributed by atoms with Crippen molar-refractivity contribution in [3.05, 3.63) is 107 Å². The van der Waals surface area contributed by atoms with Crippen molar-refractivity contribution in [3.8, 4) is 17.2 Å². The third kappa shape index (κ3) is 5.36. The number of anilines is 1. The molecule has 1 N–H and O–H groups in total. The number of hydrogen-bond donors (Lipinski definition) is 1. The summed E-state index contributed by atoms with van der Waals surface area (Å²) in [5.41, 5.74) is 1.91. The fourth-order valence-corrected chi connectivity index (χ4v) is 7.08. The number of ether oxygens (including phenoxy) is 3. The van der Waals surface area contributed by atoms with E-state index < -0.39 is 17.7 Å². The molecule has 5 aromatic rings. The van der Waals surface area contributed by atoms with E-state index in [1.807, 2.05) is 18.2 Å². The highest BCUT2D eigenvalue weighted by molar-refractivity contribution is 8.00. The van der Waals surface area contributed by atoms with E-state index in [4.69, 9.17) is 14.2 Å². The van der Waals surface area contributed by atoms with Crippen LogP contribution in [-0.2, 0) is 15.3 Å². The summed E-state index contributed by atoms with van der Waals surface area (Å²) >= 11 is 2.71. The minimum absolute atomic E-state index is 0.0874. The second kappa shape index (κ2) is 12.4. The van der Waals surface area contributed by atoms with Gasteiger partial charge in [-0.2, -0.15) is 0 Å². The monoisotopic (exact) mass is 625 g/mol. The summed E-state index contributed by atoms with van der Waals surface area (Å²) < 4.78 is 16.8. The number of hydrogen-bond acceptors (Lipinski definition) is 10. The van der Waals surface area contributed by atoms with Crippen LogP contribution in [0.4, 0.5) is 5.13 Å². The lowest BCUT2D eigenvalue weighted by Crippen LogP contribution is -2.29. The number of rotatable bonds is 9. The number of nitrogens with zero attached hydrogens (tertiary/aromatic N) is 3. The molecule has 0 saturated carbocycles. The Kier molecular flexibility index (Phi) is 8.23. The standard InChI is InChI=1S/C33H27N3O6S2/c1-40-23-12-7-10-20(16-23)28-27(29(37)21-14-15-25(41-2)26(17-21)42-3)30(38)31(39)36(28)32-34-35-33(44-32)43-18-22-11-6-9-19-8-4-5-13-24(19)22/h4-17,28,37H,18H2,1-3H3/t28-/m0/s1. The van der Waals surface area contributed by atoms with Crippen LogP contribution in [0.15, 0.2) is 94.8 Å². The molecule has 0 unspecified atom stereocenters. The molecule has 11 heteroatoms. The zero-order chi connectivity index (χ0) is 30.8. The Morgan fingerprint density at radius 3 is 2.45 bits per heavy atom. The fourth-order valence-electron chi connectivity index (χ4n) is 5.21. The number of carbonyl (C=O) groups is 2. The Labute approximate surface area is 261 Å². The smallest absolute Gasteiger partial charge is 0.301 e.